The summed E-state index contributed by atoms with van der Waals surface area (Å²) in [5, 5.41) is 0. The molecule has 1 heterocycles. The van der Waals surface area contributed by atoms with Crippen molar-refractivity contribution in [3.63, 3.8) is 0 Å². The molecule has 0 radical (unpaired) electrons. The van der Waals surface area contributed by atoms with Gasteiger partial charge in [0.25, 0.3) is 0 Å². The second-order valence-electron chi connectivity index (χ2n) is 6.28. The van der Waals surface area contributed by atoms with E-state index in [9.17, 15) is 9.59 Å². The molecule has 4 nitrogen and oxygen atoms in total. The van der Waals surface area contributed by atoms with E-state index in [-0.39, 0.29) is 24.3 Å². The number of nitrogens with zero attached hydrogens (tertiary/aromatic N) is 2. The van der Waals surface area contributed by atoms with Crippen LogP contribution < -0.4 is 0 Å². The summed E-state index contributed by atoms with van der Waals surface area (Å²) in [7, 11) is 1.74. The van der Waals surface area contributed by atoms with Crippen LogP contribution in [0.15, 0.2) is 28.7 Å². The van der Waals surface area contributed by atoms with Crippen LogP contribution in [0.4, 0.5) is 0 Å². The number of hydrogen-bond donors (Lipinski definition) is 0. The van der Waals surface area contributed by atoms with E-state index in [1.807, 2.05) is 17.0 Å². The summed E-state index contributed by atoms with van der Waals surface area (Å²) in [5.41, 5.74) is 1.21. The van der Waals surface area contributed by atoms with E-state index in [0.717, 1.165) is 36.8 Å². The Morgan fingerprint density at radius 3 is 2.50 bits per heavy atom. The van der Waals surface area contributed by atoms with Crippen molar-refractivity contribution < 1.29 is 9.59 Å². The molecule has 0 N–H and O–H groups in total. The van der Waals surface area contributed by atoms with Crippen LogP contribution in [-0.2, 0) is 9.59 Å². The molecule has 22 heavy (non-hydrogen) atoms. The van der Waals surface area contributed by atoms with Crippen molar-refractivity contribution in [2.24, 2.45) is 5.92 Å². The lowest BCUT2D eigenvalue weighted by molar-refractivity contribution is -0.139. The molecule has 0 spiro atoms. The number of carbonyl (C=O) groups is 2. The largest absolute Gasteiger partial charge is 0.341 e. The number of carbonyl (C=O) groups excluding carboxylic acids is 2. The molecule has 0 unspecified atom stereocenters. The highest BCUT2D eigenvalue weighted by molar-refractivity contribution is 9.10. The van der Waals surface area contributed by atoms with Crippen LogP contribution in [0.3, 0.4) is 0 Å². The van der Waals surface area contributed by atoms with Crippen molar-refractivity contribution >= 4 is 27.7 Å². The minimum atomic E-state index is 0.0394. The SMILES string of the molecule is CN(CC(=O)N1CCCC1)C(=O)[C@H]1C[C@@H]1c1ccc(Br)cc1. The second-order valence-corrected chi connectivity index (χ2v) is 7.20. The van der Waals surface area contributed by atoms with Crippen molar-refractivity contribution in [3.05, 3.63) is 34.3 Å². The molecule has 1 aliphatic heterocycles. The van der Waals surface area contributed by atoms with Crippen molar-refractivity contribution in [2.45, 2.75) is 25.2 Å². The summed E-state index contributed by atoms with van der Waals surface area (Å²) in [4.78, 5) is 28.0. The van der Waals surface area contributed by atoms with E-state index in [2.05, 4.69) is 28.1 Å². The molecule has 118 valence electrons. The Kier molecular flexibility index (Phi) is 4.52. The maximum atomic E-state index is 12.5. The third kappa shape index (κ3) is 3.35. The first kappa shape index (κ1) is 15.5. The molecule has 2 atom stereocenters. The predicted molar refractivity (Wildman–Crippen MR) is 88.4 cm³/mol. The van der Waals surface area contributed by atoms with Crippen molar-refractivity contribution in [1.82, 2.24) is 9.80 Å². The zero-order valence-corrected chi connectivity index (χ0v) is 14.4. The summed E-state index contributed by atoms with van der Waals surface area (Å²) in [5.74, 6) is 0.525. The summed E-state index contributed by atoms with van der Waals surface area (Å²) >= 11 is 3.42. The molecule has 2 amide bonds. The fourth-order valence-corrected chi connectivity index (χ4v) is 3.44. The van der Waals surface area contributed by atoms with Crippen LogP contribution in [0.5, 0.6) is 0 Å². The highest BCUT2D eigenvalue weighted by Gasteiger charge is 2.45. The first-order valence-corrected chi connectivity index (χ1v) is 8.64. The molecule has 3 rings (SSSR count). The van der Waals surface area contributed by atoms with Gasteiger partial charge >= 0.3 is 0 Å². The molecular formula is C17H21BrN2O2. The Morgan fingerprint density at radius 1 is 1.23 bits per heavy atom. The molecule has 1 aromatic carbocycles. The summed E-state index contributed by atoms with van der Waals surface area (Å²) in [6.45, 7) is 1.89. The molecule has 2 fully saturated rings. The van der Waals surface area contributed by atoms with E-state index in [1.54, 1.807) is 11.9 Å². The molecule has 0 bridgehead atoms. The lowest BCUT2D eigenvalue weighted by atomic mass is 10.1. The predicted octanol–water partition coefficient (Wildman–Crippen LogP) is 2.63. The van der Waals surface area contributed by atoms with Crippen molar-refractivity contribution in [1.29, 1.82) is 0 Å². The van der Waals surface area contributed by atoms with Crippen LogP contribution in [0, 0.1) is 5.92 Å². The Balaban J connectivity index is 1.53. The number of halogens is 1. The Bertz CT molecular complexity index is 567. The average molecular weight is 365 g/mol. The van der Waals surface area contributed by atoms with E-state index >= 15 is 0 Å². The number of hydrogen-bond acceptors (Lipinski definition) is 2. The Hall–Kier alpha value is -1.36. The molecule has 0 aromatic heterocycles. The zero-order chi connectivity index (χ0) is 15.7. The third-order valence-corrected chi connectivity index (χ3v) is 5.14. The van der Waals surface area contributed by atoms with Gasteiger partial charge in [0.05, 0.1) is 6.54 Å². The van der Waals surface area contributed by atoms with Gasteiger partial charge in [-0.3, -0.25) is 9.59 Å². The maximum absolute atomic E-state index is 12.5. The lowest BCUT2D eigenvalue weighted by Gasteiger charge is -2.21. The van der Waals surface area contributed by atoms with Gasteiger partial charge in [0.15, 0.2) is 0 Å². The normalized spacial score (nSPS) is 23.5. The van der Waals surface area contributed by atoms with Crippen LogP contribution in [0.25, 0.3) is 0 Å². The maximum Gasteiger partial charge on any atom is 0.242 e. The molecule has 1 aromatic rings. The lowest BCUT2D eigenvalue weighted by Crippen LogP contribution is -2.40. The summed E-state index contributed by atoms with van der Waals surface area (Å²) < 4.78 is 1.05. The summed E-state index contributed by atoms with van der Waals surface area (Å²) in [6.07, 6.45) is 3.05. The fraction of sp³-hybridized carbons (Fsp3) is 0.529. The van der Waals surface area contributed by atoms with E-state index in [1.165, 1.54) is 5.56 Å². The van der Waals surface area contributed by atoms with E-state index in [0.29, 0.717) is 5.92 Å². The van der Waals surface area contributed by atoms with Crippen molar-refractivity contribution in [2.75, 3.05) is 26.7 Å². The van der Waals surface area contributed by atoms with Gasteiger partial charge in [0, 0.05) is 30.5 Å². The minimum absolute atomic E-state index is 0.0394. The van der Waals surface area contributed by atoms with Crippen LogP contribution in [0.2, 0.25) is 0 Å². The molecule has 1 aliphatic carbocycles. The van der Waals surface area contributed by atoms with Crippen LogP contribution in [-0.4, -0.2) is 48.3 Å². The number of amides is 2. The van der Waals surface area contributed by atoms with Gasteiger partial charge in [-0.2, -0.15) is 0 Å². The standard InChI is InChI=1S/C17H21BrN2O2/c1-19(11-16(21)20-8-2-3-9-20)17(22)15-10-14(15)12-4-6-13(18)7-5-12/h4-7,14-15H,2-3,8-11H2,1H3/t14-,15+/m1/s1. The Labute approximate surface area is 139 Å². The highest BCUT2D eigenvalue weighted by atomic mass is 79.9. The number of rotatable bonds is 4. The van der Waals surface area contributed by atoms with Crippen LogP contribution >= 0.6 is 15.9 Å². The monoisotopic (exact) mass is 364 g/mol. The smallest absolute Gasteiger partial charge is 0.242 e. The van der Waals surface area contributed by atoms with Crippen molar-refractivity contribution in [3.8, 4) is 0 Å². The number of likely N-dealkylation sites (tertiary alicyclic amines) is 1. The molecular weight excluding hydrogens is 344 g/mol. The van der Waals surface area contributed by atoms with Gasteiger partial charge in [-0.05, 0) is 42.9 Å². The first-order valence-electron chi connectivity index (χ1n) is 7.84. The fourth-order valence-electron chi connectivity index (χ4n) is 3.18. The van der Waals surface area contributed by atoms with Gasteiger partial charge in [-0.25, -0.2) is 0 Å². The molecule has 5 heteroatoms. The van der Waals surface area contributed by atoms with E-state index in [4.69, 9.17) is 0 Å². The highest BCUT2D eigenvalue weighted by Crippen LogP contribution is 2.48. The van der Waals surface area contributed by atoms with Gasteiger partial charge in [-0.15, -0.1) is 0 Å². The van der Waals surface area contributed by atoms with E-state index < -0.39 is 0 Å². The summed E-state index contributed by atoms with van der Waals surface area (Å²) in [6, 6.07) is 8.15. The zero-order valence-electron chi connectivity index (χ0n) is 12.8. The average Bonchev–Trinajstić information content (AvgIpc) is 3.10. The molecule has 1 saturated carbocycles. The van der Waals surface area contributed by atoms with Gasteiger partial charge in [0.2, 0.25) is 11.8 Å². The quantitative estimate of drug-likeness (QED) is 0.823. The van der Waals surface area contributed by atoms with Gasteiger partial charge in [0.1, 0.15) is 0 Å². The minimum Gasteiger partial charge on any atom is -0.341 e. The molecule has 1 saturated heterocycles. The van der Waals surface area contributed by atoms with Gasteiger partial charge < -0.3 is 9.80 Å². The number of likely N-dealkylation sites (N-methyl/N-ethyl adjacent to an activating group) is 1. The molecule has 2 aliphatic rings. The second kappa shape index (κ2) is 6.41. The van der Waals surface area contributed by atoms with Gasteiger partial charge in [-0.1, -0.05) is 28.1 Å². The third-order valence-electron chi connectivity index (χ3n) is 4.61. The number of benzene rings is 1. The topological polar surface area (TPSA) is 40.6 Å². The first-order chi connectivity index (χ1) is 10.6. The van der Waals surface area contributed by atoms with Crippen LogP contribution in [0.1, 0.15) is 30.7 Å². The Morgan fingerprint density at radius 2 is 1.86 bits per heavy atom.